The standard InChI is InChI=1S/C12H18N2S/c1-10(9-12-14-6-7-15-12)8-11-4-2-3-5-13-11/h6-7,9,11,13H,2-5,8H2,1H3/b10-9-. The predicted molar refractivity (Wildman–Crippen MR) is 66.0 cm³/mol. The van der Waals surface area contributed by atoms with E-state index in [4.69, 9.17) is 0 Å². The fraction of sp³-hybridized carbons (Fsp3) is 0.583. The molecule has 1 aliphatic rings. The van der Waals surface area contributed by atoms with Gasteiger partial charge < -0.3 is 5.32 Å². The molecule has 0 bridgehead atoms. The van der Waals surface area contributed by atoms with Crippen molar-refractivity contribution in [3.05, 3.63) is 22.2 Å². The lowest BCUT2D eigenvalue weighted by Gasteiger charge is -2.23. The van der Waals surface area contributed by atoms with E-state index in [9.17, 15) is 0 Å². The molecule has 0 aliphatic carbocycles. The van der Waals surface area contributed by atoms with Gasteiger partial charge >= 0.3 is 0 Å². The van der Waals surface area contributed by atoms with Crippen LogP contribution in [0.2, 0.25) is 0 Å². The number of nitrogens with zero attached hydrogens (tertiary/aromatic N) is 1. The first-order valence-electron chi connectivity index (χ1n) is 5.64. The molecule has 1 unspecified atom stereocenters. The lowest BCUT2D eigenvalue weighted by molar-refractivity contribution is 0.399. The van der Waals surface area contributed by atoms with Crippen molar-refractivity contribution in [2.45, 2.75) is 38.6 Å². The molecule has 82 valence electrons. The minimum Gasteiger partial charge on any atom is -0.314 e. The number of piperidine rings is 1. The van der Waals surface area contributed by atoms with Gasteiger partial charge in [0.15, 0.2) is 0 Å². The maximum Gasteiger partial charge on any atom is 0.115 e. The Hall–Kier alpha value is -0.670. The maximum absolute atomic E-state index is 4.27. The number of hydrogen-bond acceptors (Lipinski definition) is 3. The van der Waals surface area contributed by atoms with Gasteiger partial charge in [0.1, 0.15) is 5.01 Å². The van der Waals surface area contributed by atoms with E-state index >= 15 is 0 Å². The zero-order chi connectivity index (χ0) is 10.5. The average Bonchev–Trinajstić information content (AvgIpc) is 2.71. The third-order valence-corrected chi connectivity index (χ3v) is 3.52. The summed E-state index contributed by atoms with van der Waals surface area (Å²) in [5, 5.41) is 6.73. The predicted octanol–water partition coefficient (Wildman–Crippen LogP) is 3.08. The Balaban J connectivity index is 1.88. The Morgan fingerprint density at radius 2 is 2.60 bits per heavy atom. The summed E-state index contributed by atoms with van der Waals surface area (Å²) in [4.78, 5) is 4.27. The number of thiazole rings is 1. The van der Waals surface area contributed by atoms with E-state index in [0.29, 0.717) is 6.04 Å². The van der Waals surface area contributed by atoms with E-state index in [0.717, 1.165) is 5.01 Å². The van der Waals surface area contributed by atoms with Gasteiger partial charge in [0.25, 0.3) is 0 Å². The van der Waals surface area contributed by atoms with Crippen molar-refractivity contribution in [2.24, 2.45) is 0 Å². The molecule has 1 saturated heterocycles. The Morgan fingerprint density at radius 1 is 1.67 bits per heavy atom. The summed E-state index contributed by atoms with van der Waals surface area (Å²) in [5.41, 5.74) is 1.43. The van der Waals surface area contributed by atoms with E-state index in [1.807, 2.05) is 11.6 Å². The Kier molecular flexibility index (Phi) is 3.92. The maximum atomic E-state index is 4.27. The average molecular weight is 222 g/mol. The summed E-state index contributed by atoms with van der Waals surface area (Å²) in [5.74, 6) is 0. The van der Waals surface area contributed by atoms with Crippen LogP contribution in [0.25, 0.3) is 6.08 Å². The molecule has 15 heavy (non-hydrogen) atoms. The molecule has 1 N–H and O–H groups in total. The van der Waals surface area contributed by atoms with E-state index in [1.165, 1.54) is 37.8 Å². The molecule has 2 nitrogen and oxygen atoms in total. The molecule has 3 heteroatoms. The van der Waals surface area contributed by atoms with Gasteiger partial charge in [0.2, 0.25) is 0 Å². The highest BCUT2D eigenvalue weighted by atomic mass is 32.1. The van der Waals surface area contributed by atoms with Crippen LogP contribution in [0.1, 0.15) is 37.6 Å². The molecule has 0 radical (unpaired) electrons. The second kappa shape index (κ2) is 5.42. The van der Waals surface area contributed by atoms with Crippen LogP contribution in [0, 0.1) is 0 Å². The van der Waals surface area contributed by atoms with Crippen LogP contribution in [0.15, 0.2) is 17.2 Å². The molecule has 0 amide bonds. The van der Waals surface area contributed by atoms with Crippen molar-refractivity contribution >= 4 is 17.4 Å². The van der Waals surface area contributed by atoms with Crippen LogP contribution in [-0.2, 0) is 0 Å². The molecule has 2 rings (SSSR count). The third-order valence-electron chi connectivity index (χ3n) is 2.80. The quantitative estimate of drug-likeness (QED) is 0.850. The monoisotopic (exact) mass is 222 g/mol. The van der Waals surface area contributed by atoms with Gasteiger partial charge in [-0.1, -0.05) is 12.0 Å². The molecule has 2 heterocycles. The molecule has 1 aliphatic heterocycles. The van der Waals surface area contributed by atoms with Crippen molar-refractivity contribution in [1.82, 2.24) is 10.3 Å². The largest absolute Gasteiger partial charge is 0.314 e. The van der Waals surface area contributed by atoms with Crippen molar-refractivity contribution in [3.63, 3.8) is 0 Å². The summed E-state index contributed by atoms with van der Waals surface area (Å²) in [6.07, 6.45) is 9.28. The fourth-order valence-corrected chi connectivity index (χ4v) is 2.71. The smallest absolute Gasteiger partial charge is 0.115 e. The second-order valence-corrected chi connectivity index (χ2v) is 5.14. The molecule has 1 atom stereocenters. The SMILES string of the molecule is C/C(=C/c1nccs1)CC1CCCCN1. The summed E-state index contributed by atoms with van der Waals surface area (Å²) in [6, 6.07) is 0.690. The van der Waals surface area contributed by atoms with Gasteiger partial charge in [-0.15, -0.1) is 11.3 Å². The molecule has 1 aromatic rings. The molecule has 0 spiro atoms. The van der Waals surface area contributed by atoms with Crippen LogP contribution in [0.5, 0.6) is 0 Å². The van der Waals surface area contributed by atoms with Crippen molar-refractivity contribution < 1.29 is 0 Å². The van der Waals surface area contributed by atoms with Crippen molar-refractivity contribution in [2.75, 3.05) is 6.54 Å². The highest BCUT2D eigenvalue weighted by Gasteiger charge is 2.12. The van der Waals surface area contributed by atoms with Gasteiger partial charge in [-0.2, -0.15) is 0 Å². The first kappa shape index (κ1) is 10.8. The highest BCUT2D eigenvalue weighted by Crippen LogP contribution is 2.17. The summed E-state index contributed by atoms with van der Waals surface area (Å²) < 4.78 is 0. The van der Waals surface area contributed by atoms with Crippen LogP contribution < -0.4 is 5.32 Å². The van der Waals surface area contributed by atoms with Crippen LogP contribution >= 0.6 is 11.3 Å². The Labute approximate surface area is 95.4 Å². The molecule has 1 fully saturated rings. The molecular formula is C12H18N2S. The summed E-state index contributed by atoms with van der Waals surface area (Å²) in [7, 11) is 0. The minimum absolute atomic E-state index is 0.690. The van der Waals surface area contributed by atoms with Crippen LogP contribution in [0.3, 0.4) is 0 Å². The molecule has 1 aromatic heterocycles. The Bertz CT molecular complexity index is 310. The van der Waals surface area contributed by atoms with Crippen LogP contribution in [-0.4, -0.2) is 17.6 Å². The fourth-order valence-electron chi connectivity index (χ4n) is 2.06. The molecule has 0 saturated carbocycles. The number of rotatable bonds is 3. The summed E-state index contributed by atoms with van der Waals surface area (Å²) in [6.45, 7) is 3.40. The van der Waals surface area contributed by atoms with Gasteiger partial charge in [0, 0.05) is 17.6 Å². The first-order valence-corrected chi connectivity index (χ1v) is 6.52. The van der Waals surface area contributed by atoms with Crippen molar-refractivity contribution in [1.29, 1.82) is 0 Å². The topological polar surface area (TPSA) is 24.9 Å². The van der Waals surface area contributed by atoms with Gasteiger partial charge in [-0.25, -0.2) is 4.98 Å². The van der Waals surface area contributed by atoms with Gasteiger partial charge in [-0.05, 0) is 38.8 Å². The minimum atomic E-state index is 0.690. The number of nitrogens with one attached hydrogen (secondary N) is 1. The zero-order valence-corrected chi connectivity index (χ0v) is 10.0. The summed E-state index contributed by atoms with van der Waals surface area (Å²) >= 11 is 1.71. The van der Waals surface area contributed by atoms with Gasteiger partial charge in [-0.3, -0.25) is 0 Å². The van der Waals surface area contributed by atoms with E-state index < -0.39 is 0 Å². The number of hydrogen-bond donors (Lipinski definition) is 1. The zero-order valence-electron chi connectivity index (χ0n) is 9.20. The van der Waals surface area contributed by atoms with Crippen molar-refractivity contribution in [3.8, 4) is 0 Å². The van der Waals surface area contributed by atoms with E-state index in [2.05, 4.69) is 23.3 Å². The van der Waals surface area contributed by atoms with Gasteiger partial charge in [0.05, 0.1) is 0 Å². The van der Waals surface area contributed by atoms with E-state index in [1.54, 1.807) is 11.3 Å². The van der Waals surface area contributed by atoms with E-state index in [-0.39, 0.29) is 0 Å². The Morgan fingerprint density at radius 3 is 3.27 bits per heavy atom. The van der Waals surface area contributed by atoms with Crippen LogP contribution in [0.4, 0.5) is 0 Å². The lowest BCUT2D eigenvalue weighted by Crippen LogP contribution is -2.33. The first-order chi connectivity index (χ1) is 7.34. The molecular weight excluding hydrogens is 204 g/mol. The second-order valence-electron chi connectivity index (χ2n) is 4.21. The normalized spacial score (nSPS) is 23.0. The molecule has 0 aromatic carbocycles. The highest BCUT2D eigenvalue weighted by molar-refractivity contribution is 7.10. The number of aromatic nitrogens is 1. The lowest BCUT2D eigenvalue weighted by atomic mass is 9.98. The third kappa shape index (κ3) is 3.43.